The summed E-state index contributed by atoms with van der Waals surface area (Å²) >= 11 is 0. The Morgan fingerprint density at radius 1 is 0.451 bits per heavy atom. The average Bonchev–Trinajstić information content (AvgIpc) is 3.55. The number of nitrogens with zero attached hydrogens (tertiary/aromatic N) is 2. The fourth-order valence-corrected chi connectivity index (χ4v) is 9.98. The molecule has 0 radical (unpaired) electrons. The molecule has 0 unspecified atom stereocenters. The third-order valence-corrected chi connectivity index (χ3v) is 12.9. The first-order chi connectivity index (χ1) is 24.2. The predicted octanol–water partition coefficient (Wildman–Crippen LogP) is 13.1. The monoisotopic (exact) mass is 662 g/mol. The van der Waals surface area contributed by atoms with Gasteiger partial charge in [0.05, 0.1) is 16.7 Å². The minimum Gasteiger partial charge on any atom is -0.310 e. The molecule has 0 bridgehead atoms. The number of hydrogen-bond donors (Lipinski definition) is 0. The van der Waals surface area contributed by atoms with Crippen LogP contribution in [0.2, 0.25) is 0 Å². The highest BCUT2D eigenvalue weighted by Gasteiger charge is 2.44. The summed E-state index contributed by atoms with van der Waals surface area (Å²) in [7, 11) is 0. The van der Waals surface area contributed by atoms with E-state index in [9.17, 15) is 0 Å². The first-order valence-corrected chi connectivity index (χ1v) is 18.6. The van der Waals surface area contributed by atoms with Crippen LogP contribution >= 0.6 is 0 Å². The number of fused-ring (bicyclic) bond motifs is 4. The van der Waals surface area contributed by atoms with E-state index in [1.54, 1.807) is 0 Å². The van der Waals surface area contributed by atoms with E-state index < -0.39 is 0 Å². The van der Waals surface area contributed by atoms with Gasteiger partial charge >= 0.3 is 0 Å². The van der Waals surface area contributed by atoms with Crippen molar-refractivity contribution in [3.63, 3.8) is 0 Å². The highest BCUT2D eigenvalue weighted by atomic mass is 15.1. The Morgan fingerprint density at radius 2 is 1.00 bits per heavy atom. The second-order valence-corrected chi connectivity index (χ2v) is 17.9. The summed E-state index contributed by atoms with van der Waals surface area (Å²) in [6.07, 6.45) is 0. The van der Waals surface area contributed by atoms with E-state index in [0.29, 0.717) is 0 Å². The highest BCUT2D eigenvalue weighted by Crippen LogP contribution is 2.57. The molecule has 2 nitrogen and oxygen atoms in total. The summed E-state index contributed by atoms with van der Waals surface area (Å²) in [4.78, 5) is 2.51. The van der Waals surface area contributed by atoms with Gasteiger partial charge in [-0.2, -0.15) is 0 Å². The molecule has 2 aliphatic heterocycles. The van der Waals surface area contributed by atoms with E-state index in [1.165, 1.54) is 94.6 Å². The molecule has 0 spiro atoms. The molecule has 3 heterocycles. The Hall–Kier alpha value is -5.08. The number of aromatic nitrogens is 1. The van der Waals surface area contributed by atoms with Crippen LogP contribution in [-0.2, 0) is 21.7 Å². The van der Waals surface area contributed by atoms with Crippen molar-refractivity contribution >= 4 is 38.9 Å². The van der Waals surface area contributed by atoms with Crippen LogP contribution in [0.4, 0.5) is 17.1 Å². The molecule has 252 valence electrons. The third kappa shape index (κ3) is 3.83. The van der Waals surface area contributed by atoms with Crippen LogP contribution in [0.15, 0.2) is 115 Å². The Bertz CT molecular complexity index is 2640. The summed E-state index contributed by atoms with van der Waals surface area (Å²) in [6, 6.07) is 44.4. The van der Waals surface area contributed by atoms with Crippen molar-refractivity contribution in [1.29, 1.82) is 0 Å². The predicted molar refractivity (Wildman–Crippen MR) is 216 cm³/mol. The minimum absolute atomic E-state index is 0.0751. The first kappa shape index (κ1) is 30.7. The van der Waals surface area contributed by atoms with Gasteiger partial charge < -0.3 is 9.47 Å². The van der Waals surface area contributed by atoms with Crippen LogP contribution in [0, 0.1) is 0 Å². The topological polar surface area (TPSA) is 8.17 Å². The van der Waals surface area contributed by atoms with Crippen molar-refractivity contribution < 1.29 is 0 Å². The summed E-state index contributed by atoms with van der Waals surface area (Å²) in [5.41, 5.74) is 19.8. The van der Waals surface area contributed by atoms with Gasteiger partial charge in [0, 0.05) is 44.1 Å². The summed E-state index contributed by atoms with van der Waals surface area (Å²) in [6.45, 7) is 21.3. The maximum Gasteiger partial charge on any atom is 0.0583 e. The molecule has 0 atom stereocenters. The lowest BCUT2D eigenvalue weighted by Gasteiger charge is -2.42. The van der Waals surface area contributed by atoms with Crippen molar-refractivity contribution in [1.82, 2.24) is 4.57 Å². The lowest BCUT2D eigenvalue weighted by atomic mass is 9.68. The van der Waals surface area contributed by atoms with Gasteiger partial charge in [-0.3, -0.25) is 0 Å². The SMILES string of the molecule is CC(C)(C)c1ccc(N(c2ccc3c(c2)C(C)(C)c2ccccc2-3)c2cc3c4c(c2)c2cccc5c2n4-c2c(cccc2C3(C)C)C5(C)C)cc1. The maximum atomic E-state index is 2.62. The van der Waals surface area contributed by atoms with Crippen molar-refractivity contribution in [2.75, 3.05) is 4.90 Å². The van der Waals surface area contributed by atoms with E-state index in [2.05, 4.69) is 187 Å². The van der Waals surface area contributed by atoms with Crippen LogP contribution in [0.3, 0.4) is 0 Å². The van der Waals surface area contributed by atoms with Crippen molar-refractivity contribution in [2.45, 2.75) is 84.0 Å². The smallest absolute Gasteiger partial charge is 0.0583 e. The molecule has 1 aliphatic carbocycles. The number of hydrogen-bond acceptors (Lipinski definition) is 1. The molecule has 6 aromatic carbocycles. The standard InChI is InChI=1S/C49H46N2/c1-46(2,3)29-20-22-30(23-21-29)50(31-24-25-34-33-14-10-11-16-37(33)47(4,5)41(34)27-31)32-26-36-35-15-12-17-38-43(35)51-44(36)42(28-32)49(8,9)40-19-13-18-39(45(40)51)48(38,6)7/h10-28H,1-9H3. The van der Waals surface area contributed by atoms with Crippen molar-refractivity contribution in [3.8, 4) is 16.8 Å². The lowest BCUT2D eigenvalue weighted by molar-refractivity contribution is 0.590. The molecule has 0 amide bonds. The van der Waals surface area contributed by atoms with Gasteiger partial charge in [0.15, 0.2) is 0 Å². The van der Waals surface area contributed by atoms with E-state index in [1.807, 2.05) is 0 Å². The minimum atomic E-state index is -0.194. The Kier molecular flexibility index (Phi) is 5.79. The number of rotatable bonds is 3. The van der Waals surface area contributed by atoms with Gasteiger partial charge in [-0.1, -0.05) is 141 Å². The zero-order valence-corrected chi connectivity index (χ0v) is 31.4. The molecular formula is C49H46N2. The second kappa shape index (κ2) is 9.62. The number of benzene rings is 6. The second-order valence-electron chi connectivity index (χ2n) is 17.9. The Morgan fingerprint density at radius 3 is 1.73 bits per heavy atom. The van der Waals surface area contributed by atoms with Crippen LogP contribution in [0.25, 0.3) is 38.6 Å². The van der Waals surface area contributed by atoms with Gasteiger partial charge in [-0.25, -0.2) is 0 Å². The van der Waals surface area contributed by atoms with Crippen LogP contribution < -0.4 is 4.90 Å². The summed E-state index contributed by atoms with van der Waals surface area (Å²) in [5, 5.41) is 2.67. The van der Waals surface area contributed by atoms with Gasteiger partial charge in [-0.15, -0.1) is 0 Å². The van der Waals surface area contributed by atoms with E-state index in [4.69, 9.17) is 0 Å². The van der Waals surface area contributed by atoms with E-state index in [-0.39, 0.29) is 21.7 Å². The lowest BCUT2D eigenvalue weighted by Crippen LogP contribution is -2.33. The molecule has 10 rings (SSSR count). The van der Waals surface area contributed by atoms with E-state index in [0.717, 1.165) is 0 Å². The molecule has 2 heteroatoms. The first-order valence-electron chi connectivity index (χ1n) is 18.6. The summed E-state index contributed by atoms with van der Waals surface area (Å²) in [5.74, 6) is 0. The van der Waals surface area contributed by atoms with Crippen molar-refractivity contribution in [2.24, 2.45) is 0 Å². The third-order valence-electron chi connectivity index (χ3n) is 12.9. The van der Waals surface area contributed by atoms with Gasteiger partial charge in [-0.05, 0) is 91.9 Å². The molecule has 7 aromatic rings. The quantitative estimate of drug-likeness (QED) is 0.183. The largest absolute Gasteiger partial charge is 0.310 e. The molecular weight excluding hydrogens is 617 g/mol. The van der Waals surface area contributed by atoms with Gasteiger partial charge in [0.1, 0.15) is 0 Å². The molecule has 0 saturated heterocycles. The molecule has 1 aromatic heterocycles. The number of para-hydroxylation sites is 2. The summed E-state index contributed by atoms with van der Waals surface area (Å²) < 4.78 is 2.62. The molecule has 0 saturated carbocycles. The van der Waals surface area contributed by atoms with Gasteiger partial charge in [0.2, 0.25) is 0 Å². The van der Waals surface area contributed by atoms with E-state index >= 15 is 0 Å². The Labute approximate surface area is 302 Å². The van der Waals surface area contributed by atoms with Crippen LogP contribution in [0.1, 0.15) is 101 Å². The fourth-order valence-electron chi connectivity index (χ4n) is 9.98. The zero-order chi connectivity index (χ0) is 35.4. The van der Waals surface area contributed by atoms with Crippen LogP contribution in [-0.4, -0.2) is 4.57 Å². The fraction of sp³-hybridized carbons (Fsp3) is 0.265. The maximum absolute atomic E-state index is 2.62. The number of anilines is 3. The molecule has 51 heavy (non-hydrogen) atoms. The molecule has 3 aliphatic rings. The highest BCUT2D eigenvalue weighted by molar-refractivity contribution is 6.15. The molecule has 0 N–H and O–H groups in total. The Balaban J connectivity index is 1.28. The van der Waals surface area contributed by atoms with Crippen LogP contribution in [0.5, 0.6) is 0 Å². The van der Waals surface area contributed by atoms with Gasteiger partial charge in [0.25, 0.3) is 0 Å². The zero-order valence-electron chi connectivity index (χ0n) is 31.4. The normalized spacial score (nSPS) is 16.8. The van der Waals surface area contributed by atoms with Crippen molar-refractivity contribution in [3.05, 3.63) is 154 Å². The molecule has 0 fully saturated rings. The average molecular weight is 663 g/mol.